The molecule has 0 aromatic carbocycles. The molecule has 2 rings (SSSR count). The minimum Gasteiger partial charge on any atom is -0.291 e. The van der Waals surface area contributed by atoms with Gasteiger partial charge in [0.05, 0.1) is 4.83 Å². The van der Waals surface area contributed by atoms with E-state index >= 15 is 0 Å². The van der Waals surface area contributed by atoms with E-state index in [9.17, 15) is 4.79 Å². The van der Waals surface area contributed by atoms with Crippen LogP contribution >= 0.6 is 15.9 Å². The first-order valence-electron chi connectivity index (χ1n) is 5.88. The predicted molar refractivity (Wildman–Crippen MR) is 67.9 cm³/mol. The summed E-state index contributed by atoms with van der Waals surface area (Å²) in [6.07, 6.45) is 7.81. The Balaban J connectivity index is 2.04. The largest absolute Gasteiger partial charge is 0.291 e. The third kappa shape index (κ3) is 2.70. The van der Waals surface area contributed by atoms with E-state index in [-0.39, 0.29) is 10.6 Å². The molecule has 1 unspecified atom stereocenters. The van der Waals surface area contributed by atoms with Crippen LogP contribution in [0.1, 0.15) is 42.6 Å². The highest BCUT2D eigenvalue weighted by atomic mass is 79.9. The molecule has 1 aliphatic rings. The first-order valence-corrected chi connectivity index (χ1v) is 6.80. The van der Waals surface area contributed by atoms with Gasteiger partial charge in [0.15, 0.2) is 5.78 Å². The number of nitrogens with zero attached hydrogens (tertiary/aromatic N) is 1. The predicted octanol–water partition coefficient (Wildman–Crippen LogP) is 3.61. The summed E-state index contributed by atoms with van der Waals surface area (Å²) in [5.74, 6) is 0.621. The number of hydrogen-bond acceptors (Lipinski definition) is 2. The van der Waals surface area contributed by atoms with E-state index in [2.05, 4.69) is 20.9 Å². The Morgan fingerprint density at radius 2 is 2.06 bits per heavy atom. The van der Waals surface area contributed by atoms with Crippen LogP contribution in [0.25, 0.3) is 0 Å². The first kappa shape index (κ1) is 11.8. The monoisotopic (exact) mass is 281 g/mol. The summed E-state index contributed by atoms with van der Waals surface area (Å²) < 4.78 is 0. The van der Waals surface area contributed by atoms with E-state index in [1.807, 2.05) is 12.1 Å². The summed E-state index contributed by atoms with van der Waals surface area (Å²) in [6, 6.07) is 5.49. The summed E-state index contributed by atoms with van der Waals surface area (Å²) in [5.41, 5.74) is 0.579. The van der Waals surface area contributed by atoms with Gasteiger partial charge in [0.2, 0.25) is 0 Å². The molecule has 0 N–H and O–H groups in total. The van der Waals surface area contributed by atoms with Crippen molar-refractivity contribution >= 4 is 21.7 Å². The highest BCUT2D eigenvalue weighted by Crippen LogP contribution is 2.31. The highest BCUT2D eigenvalue weighted by Gasteiger charge is 2.28. The van der Waals surface area contributed by atoms with Gasteiger partial charge < -0.3 is 0 Å². The van der Waals surface area contributed by atoms with Gasteiger partial charge in [0.1, 0.15) is 5.69 Å². The Kier molecular flexibility index (Phi) is 4.10. The number of ketones is 1. The number of Topliss-reactive ketones (excluding diaryl/α,β-unsaturated/α-hetero) is 1. The fourth-order valence-corrected chi connectivity index (χ4v) is 3.05. The second-order valence-corrected chi connectivity index (χ2v) is 5.37. The molecular formula is C13H16BrNO. The van der Waals surface area contributed by atoms with Crippen molar-refractivity contribution in [3.63, 3.8) is 0 Å². The summed E-state index contributed by atoms with van der Waals surface area (Å²) in [6.45, 7) is 0. The standard InChI is InChI=1S/C13H16BrNO/c14-12(10-6-2-1-3-7-10)13(16)11-8-4-5-9-15-11/h4-5,8-10,12H,1-3,6-7H2. The lowest BCUT2D eigenvalue weighted by Gasteiger charge is -2.25. The van der Waals surface area contributed by atoms with Crippen molar-refractivity contribution in [3.05, 3.63) is 30.1 Å². The number of carbonyl (C=O) groups is 1. The van der Waals surface area contributed by atoms with Gasteiger partial charge in [-0.3, -0.25) is 9.78 Å². The number of hydrogen-bond donors (Lipinski definition) is 0. The van der Waals surface area contributed by atoms with Gasteiger partial charge in [-0.25, -0.2) is 0 Å². The van der Waals surface area contributed by atoms with Gasteiger partial charge in [-0.2, -0.15) is 0 Å². The van der Waals surface area contributed by atoms with E-state index in [4.69, 9.17) is 0 Å². The Hall–Kier alpha value is -0.700. The molecule has 1 heterocycles. The van der Waals surface area contributed by atoms with Crippen molar-refractivity contribution < 1.29 is 4.79 Å². The molecule has 16 heavy (non-hydrogen) atoms. The van der Waals surface area contributed by atoms with Crippen LogP contribution in [0.2, 0.25) is 0 Å². The topological polar surface area (TPSA) is 30.0 Å². The molecule has 0 radical (unpaired) electrons. The van der Waals surface area contributed by atoms with Crippen molar-refractivity contribution in [2.45, 2.75) is 36.9 Å². The Morgan fingerprint density at radius 1 is 1.31 bits per heavy atom. The lowest BCUT2D eigenvalue weighted by atomic mass is 9.85. The molecule has 1 aromatic rings. The molecule has 1 fully saturated rings. The number of alkyl halides is 1. The Morgan fingerprint density at radius 3 is 2.69 bits per heavy atom. The van der Waals surface area contributed by atoms with Crippen LogP contribution < -0.4 is 0 Å². The Bertz CT molecular complexity index is 346. The van der Waals surface area contributed by atoms with E-state index in [0.717, 1.165) is 12.8 Å². The van der Waals surface area contributed by atoms with E-state index < -0.39 is 0 Å². The van der Waals surface area contributed by atoms with E-state index in [1.54, 1.807) is 12.3 Å². The molecular weight excluding hydrogens is 266 g/mol. The van der Waals surface area contributed by atoms with Gasteiger partial charge in [0, 0.05) is 6.20 Å². The highest BCUT2D eigenvalue weighted by molar-refractivity contribution is 9.10. The maximum Gasteiger partial charge on any atom is 0.195 e. The van der Waals surface area contributed by atoms with Crippen LogP contribution in [0.15, 0.2) is 24.4 Å². The number of pyridine rings is 1. The molecule has 3 heteroatoms. The van der Waals surface area contributed by atoms with Crippen LogP contribution in [-0.2, 0) is 0 Å². The summed E-state index contributed by atoms with van der Waals surface area (Å²) >= 11 is 3.55. The molecule has 0 spiro atoms. The Labute approximate surface area is 105 Å². The average Bonchev–Trinajstić information content (AvgIpc) is 2.39. The lowest BCUT2D eigenvalue weighted by Crippen LogP contribution is -2.26. The maximum absolute atomic E-state index is 12.1. The molecule has 2 nitrogen and oxygen atoms in total. The quantitative estimate of drug-likeness (QED) is 0.626. The van der Waals surface area contributed by atoms with E-state index in [0.29, 0.717) is 11.6 Å². The number of aromatic nitrogens is 1. The second kappa shape index (κ2) is 5.58. The third-order valence-corrected chi connectivity index (χ3v) is 4.39. The van der Waals surface area contributed by atoms with Crippen LogP contribution in [0.5, 0.6) is 0 Å². The second-order valence-electron chi connectivity index (χ2n) is 4.38. The molecule has 0 amide bonds. The molecule has 86 valence electrons. The fourth-order valence-electron chi connectivity index (χ4n) is 2.29. The van der Waals surface area contributed by atoms with Crippen molar-refractivity contribution in [2.75, 3.05) is 0 Å². The molecule has 1 saturated carbocycles. The summed E-state index contributed by atoms with van der Waals surface area (Å²) in [7, 11) is 0. The molecule has 1 aromatic heterocycles. The maximum atomic E-state index is 12.1. The van der Waals surface area contributed by atoms with Gasteiger partial charge in [-0.15, -0.1) is 0 Å². The lowest BCUT2D eigenvalue weighted by molar-refractivity contribution is 0.0958. The molecule has 0 aliphatic heterocycles. The molecule has 0 saturated heterocycles. The summed E-state index contributed by atoms with van der Waals surface area (Å²) in [5, 5.41) is 0. The smallest absolute Gasteiger partial charge is 0.195 e. The van der Waals surface area contributed by atoms with Crippen LogP contribution in [0.4, 0.5) is 0 Å². The van der Waals surface area contributed by atoms with Crippen LogP contribution in [0.3, 0.4) is 0 Å². The zero-order valence-corrected chi connectivity index (χ0v) is 10.8. The normalized spacial score (nSPS) is 19.3. The van der Waals surface area contributed by atoms with Gasteiger partial charge in [-0.1, -0.05) is 41.3 Å². The minimum absolute atomic E-state index is 0.0531. The fraction of sp³-hybridized carbons (Fsp3) is 0.538. The van der Waals surface area contributed by atoms with Gasteiger partial charge in [-0.05, 0) is 30.9 Å². The van der Waals surface area contributed by atoms with Gasteiger partial charge >= 0.3 is 0 Å². The zero-order chi connectivity index (χ0) is 11.4. The van der Waals surface area contributed by atoms with Crippen LogP contribution in [0, 0.1) is 5.92 Å². The molecule has 0 bridgehead atoms. The molecule has 1 atom stereocenters. The van der Waals surface area contributed by atoms with Crippen molar-refractivity contribution in [3.8, 4) is 0 Å². The van der Waals surface area contributed by atoms with Crippen molar-refractivity contribution in [1.29, 1.82) is 0 Å². The molecule has 1 aliphatic carbocycles. The van der Waals surface area contributed by atoms with Crippen molar-refractivity contribution in [1.82, 2.24) is 4.98 Å². The number of carbonyl (C=O) groups excluding carboxylic acids is 1. The van der Waals surface area contributed by atoms with Crippen LogP contribution in [-0.4, -0.2) is 15.6 Å². The van der Waals surface area contributed by atoms with E-state index in [1.165, 1.54) is 19.3 Å². The zero-order valence-electron chi connectivity index (χ0n) is 9.23. The number of halogens is 1. The number of rotatable bonds is 3. The SMILES string of the molecule is O=C(c1ccccn1)C(Br)C1CCCCC1. The third-order valence-electron chi connectivity index (χ3n) is 3.23. The minimum atomic E-state index is -0.0531. The average molecular weight is 282 g/mol. The van der Waals surface area contributed by atoms with Crippen molar-refractivity contribution in [2.24, 2.45) is 5.92 Å². The summed E-state index contributed by atoms with van der Waals surface area (Å²) in [4.78, 5) is 16.2. The first-order chi connectivity index (χ1) is 7.79. The van der Waals surface area contributed by atoms with Gasteiger partial charge in [0.25, 0.3) is 0 Å².